The summed E-state index contributed by atoms with van der Waals surface area (Å²) >= 11 is 1.70. The van der Waals surface area contributed by atoms with Crippen molar-refractivity contribution in [2.24, 2.45) is 0 Å². The Morgan fingerprint density at radius 3 is 2.49 bits per heavy atom. The standard InChI is InChI=1S/C27H32N2O4S2/c1-4-5-16-28(35(31,32)23-12-6-20(2)7-13-23)19-26(30)29-17-14-25-24(15-18-34-25)27(29)21-8-10-22(33-3)11-9-21/h6-13,15,18,27H,4-5,14,16-17,19H2,1-3H3. The van der Waals surface area contributed by atoms with Crippen molar-refractivity contribution in [1.82, 2.24) is 9.21 Å². The Balaban J connectivity index is 1.64. The van der Waals surface area contributed by atoms with Gasteiger partial charge in [-0.1, -0.05) is 43.2 Å². The Bertz CT molecular complexity index is 1250. The number of hydrogen-bond acceptors (Lipinski definition) is 5. The minimum Gasteiger partial charge on any atom is -0.497 e. The normalized spacial score (nSPS) is 15.8. The molecule has 1 unspecified atom stereocenters. The number of aryl methyl sites for hydroxylation is 1. The highest BCUT2D eigenvalue weighted by molar-refractivity contribution is 7.89. The summed E-state index contributed by atoms with van der Waals surface area (Å²) in [7, 11) is -2.17. The van der Waals surface area contributed by atoms with Crippen LogP contribution in [0.5, 0.6) is 5.75 Å². The summed E-state index contributed by atoms with van der Waals surface area (Å²) in [4.78, 5) is 17.1. The minimum absolute atomic E-state index is 0.178. The van der Waals surface area contributed by atoms with Crippen molar-refractivity contribution in [1.29, 1.82) is 0 Å². The van der Waals surface area contributed by atoms with Crippen molar-refractivity contribution in [3.05, 3.63) is 81.5 Å². The van der Waals surface area contributed by atoms with Crippen molar-refractivity contribution in [2.75, 3.05) is 26.7 Å². The molecule has 0 fully saturated rings. The lowest BCUT2D eigenvalue weighted by Gasteiger charge is -2.37. The molecule has 0 N–H and O–H groups in total. The van der Waals surface area contributed by atoms with Gasteiger partial charge in [0.15, 0.2) is 0 Å². The van der Waals surface area contributed by atoms with Crippen LogP contribution in [0.3, 0.4) is 0 Å². The first-order valence-electron chi connectivity index (χ1n) is 11.9. The molecule has 1 atom stereocenters. The predicted molar refractivity (Wildman–Crippen MR) is 139 cm³/mol. The average Bonchev–Trinajstić information content (AvgIpc) is 3.35. The highest BCUT2D eigenvalue weighted by Crippen LogP contribution is 2.38. The summed E-state index contributed by atoms with van der Waals surface area (Å²) in [6.07, 6.45) is 2.30. The van der Waals surface area contributed by atoms with Gasteiger partial charge in [0.05, 0.1) is 24.6 Å². The first kappa shape index (κ1) is 25.4. The fourth-order valence-corrected chi connectivity index (χ4v) is 6.78. The van der Waals surface area contributed by atoms with Gasteiger partial charge in [-0.2, -0.15) is 4.31 Å². The average molecular weight is 513 g/mol. The third kappa shape index (κ3) is 5.44. The van der Waals surface area contributed by atoms with Crippen LogP contribution in [0.15, 0.2) is 64.9 Å². The van der Waals surface area contributed by atoms with Gasteiger partial charge in [-0.25, -0.2) is 8.42 Å². The number of thiophene rings is 1. The quantitative estimate of drug-likeness (QED) is 0.403. The molecule has 8 heteroatoms. The van der Waals surface area contributed by atoms with E-state index in [1.165, 1.54) is 9.18 Å². The smallest absolute Gasteiger partial charge is 0.243 e. The molecule has 0 bridgehead atoms. The maximum absolute atomic E-state index is 13.7. The van der Waals surface area contributed by atoms with Crippen molar-refractivity contribution < 1.29 is 17.9 Å². The van der Waals surface area contributed by atoms with E-state index in [1.54, 1.807) is 42.7 Å². The van der Waals surface area contributed by atoms with Crippen molar-refractivity contribution in [3.8, 4) is 5.75 Å². The summed E-state index contributed by atoms with van der Waals surface area (Å²) in [5, 5.41) is 2.06. The van der Waals surface area contributed by atoms with E-state index in [4.69, 9.17) is 4.74 Å². The van der Waals surface area contributed by atoms with E-state index in [-0.39, 0.29) is 23.4 Å². The summed E-state index contributed by atoms with van der Waals surface area (Å²) in [6.45, 7) is 4.62. The monoisotopic (exact) mass is 512 g/mol. The van der Waals surface area contributed by atoms with E-state index in [1.807, 2.05) is 43.0 Å². The van der Waals surface area contributed by atoms with Crippen LogP contribution >= 0.6 is 11.3 Å². The first-order chi connectivity index (χ1) is 16.8. The topological polar surface area (TPSA) is 66.9 Å². The number of nitrogens with zero attached hydrogens (tertiary/aromatic N) is 2. The predicted octanol–water partition coefficient (Wildman–Crippen LogP) is 5.03. The molecule has 2 aromatic carbocycles. The van der Waals surface area contributed by atoms with Gasteiger partial charge in [0.25, 0.3) is 0 Å². The lowest BCUT2D eigenvalue weighted by molar-refractivity contribution is -0.133. The molecule has 0 saturated carbocycles. The van der Waals surface area contributed by atoms with Crippen LogP contribution < -0.4 is 4.74 Å². The molecule has 0 saturated heterocycles. The second-order valence-corrected chi connectivity index (χ2v) is 11.8. The summed E-state index contributed by atoms with van der Waals surface area (Å²) in [5.41, 5.74) is 3.09. The van der Waals surface area contributed by atoms with Crippen molar-refractivity contribution in [3.63, 3.8) is 0 Å². The molecule has 1 amide bonds. The summed E-state index contributed by atoms with van der Waals surface area (Å²) in [6, 6.07) is 16.4. The molecule has 1 aliphatic heterocycles. The van der Waals surface area contributed by atoms with Crippen LogP contribution in [0.2, 0.25) is 0 Å². The van der Waals surface area contributed by atoms with E-state index in [2.05, 4.69) is 11.4 Å². The van der Waals surface area contributed by atoms with Crippen LogP contribution in [-0.4, -0.2) is 50.3 Å². The van der Waals surface area contributed by atoms with Crippen molar-refractivity contribution in [2.45, 2.75) is 44.0 Å². The molecule has 0 radical (unpaired) electrons. The molecule has 2 heterocycles. The zero-order valence-electron chi connectivity index (χ0n) is 20.4. The first-order valence-corrected chi connectivity index (χ1v) is 14.2. The number of unbranched alkanes of at least 4 members (excludes halogenated alkanes) is 1. The fourth-order valence-electron chi connectivity index (χ4n) is 4.45. The molecular weight excluding hydrogens is 480 g/mol. The highest BCUT2D eigenvalue weighted by atomic mass is 32.2. The maximum Gasteiger partial charge on any atom is 0.243 e. The molecule has 3 aromatic rings. The molecule has 0 spiro atoms. The third-order valence-electron chi connectivity index (χ3n) is 6.45. The third-order valence-corrected chi connectivity index (χ3v) is 9.31. The fraction of sp³-hybridized carbons (Fsp3) is 0.370. The molecule has 6 nitrogen and oxygen atoms in total. The number of methoxy groups -OCH3 is 1. The van der Waals surface area contributed by atoms with Gasteiger partial charge in [-0.15, -0.1) is 11.3 Å². The Kier molecular flexibility index (Phi) is 7.94. The zero-order chi connectivity index (χ0) is 25.0. The van der Waals surface area contributed by atoms with Crippen LogP contribution in [0.1, 0.15) is 47.4 Å². The van der Waals surface area contributed by atoms with Gasteiger partial charge in [0.1, 0.15) is 5.75 Å². The number of benzene rings is 2. The van der Waals surface area contributed by atoms with Gasteiger partial charge in [-0.3, -0.25) is 4.79 Å². The van der Waals surface area contributed by atoms with E-state index in [0.29, 0.717) is 19.5 Å². The van der Waals surface area contributed by atoms with Crippen LogP contribution in [0.25, 0.3) is 0 Å². The molecule has 186 valence electrons. The van der Waals surface area contributed by atoms with E-state index in [9.17, 15) is 13.2 Å². The van der Waals surface area contributed by atoms with Crippen LogP contribution in [0, 0.1) is 6.92 Å². The lowest BCUT2D eigenvalue weighted by atomic mass is 9.93. The Hall–Kier alpha value is -2.68. The number of rotatable bonds is 9. The number of carbonyl (C=O) groups is 1. The number of fused-ring (bicyclic) bond motifs is 1. The number of amides is 1. The second kappa shape index (κ2) is 10.9. The lowest BCUT2D eigenvalue weighted by Crippen LogP contribution is -2.47. The molecule has 4 rings (SSSR count). The highest BCUT2D eigenvalue weighted by Gasteiger charge is 2.35. The van der Waals surface area contributed by atoms with E-state index < -0.39 is 10.0 Å². The Morgan fingerprint density at radius 2 is 1.83 bits per heavy atom. The van der Waals surface area contributed by atoms with E-state index in [0.717, 1.165) is 35.3 Å². The van der Waals surface area contributed by atoms with E-state index >= 15 is 0 Å². The second-order valence-electron chi connectivity index (χ2n) is 8.82. The SMILES string of the molecule is CCCCN(CC(=O)N1CCc2sccc2C1c1ccc(OC)cc1)S(=O)(=O)c1ccc(C)cc1. The number of sulfonamides is 1. The number of carbonyl (C=O) groups excluding carboxylic acids is 1. The summed E-state index contributed by atoms with van der Waals surface area (Å²) in [5.74, 6) is 0.567. The van der Waals surface area contributed by atoms with Crippen molar-refractivity contribution >= 4 is 27.3 Å². The van der Waals surface area contributed by atoms with Gasteiger partial charge < -0.3 is 9.64 Å². The van der Waals surface area contributed by atoms with Gasteiger partial charge in [0.2, 0.25) is 15.9 Å². The molecular formula is C27H32N2O4S2. The number of ether oxygens (including phenoxy) is 1. The molecule has 35 heavy (non-hydrogen) atoms. The largest absolute Gasteiger partial charge is 0.497 e. The van der Waals surface area contributed by atoms with Gasteiger partial charge in [0, 0.05) is 18.0 Å². The Labute approximate surface area is 212 Å². The molecule has 0 aliphatic carbocycles. The Morgan fingerprint density at radius 1 is 1.11 bits per heavy atom. The summed E-state index contributed by atoms with van der Waals surface area (Å²) < 4.78 is 33.6. The number of hydrogen-bond donors (Lipinski definition) is 0. The maximum atomic E-state index is 13.7. The molecule has 1 aromatic heterocycles. The van der Waals surface area contributed by atoms with Crippen LogP contribution in [0.4, 0.5) is 0 Å². The van der Waals surface area contributed by atoms with Gasteiger partial charge in [-0.05, 0) is 66.6 Å². The van der Waals surface area contributed by atoms with Crippen LogP contribution in [-0.2, 0) is 21.2 Å². The minimum atomic E-state index is -3.79. The molecule has 1 aliphatic rings. The van der Waals surface area contributed by atoms with Gasteiger partial charge >= 0.3 is 0 Å². The zero-order valence-corrected chi connectivity index (χ0v) is 22.1.